The zero-order valence-corrected chi connectivity index (χ0v) is 11.8. The van der Waals surface area contributed by atoms with Crippen LogP contribution >= 0.6 is 24.2 Å². The fraction of sp³-hybridized carbons (Fsp3) is 0.455. The molecule has 1 rings (SSSR count). The minimum absolute atomic E-state index is 0. The highest BCUT2D eigenvalue weighted by atomic mass is 35.5. The number of nitrogen functional groups attached to an aromatic ring is 1. The number of anilines is 2. The third-order valence-electron chi connectivity index (χ3n) is 1.71. The summed E-state index contributed by atoms with van der Waals surface area (Å²) in [6.07, 6.45) is 1.55. The lowest BCUT2D eigenvalue weighted by Gasteiger charge is -2.16. The average Bonchev–Trinajstić information content (AvgIpc) is 2.18. The first-order valence-electron chi connectivity index (χ1n) is 5.02. The van der Waals surface area contributed by atoms with E-state index in [0.717, 1.165) is 0 Å². The van der Waals surface area contributed by atoms with Crippen molar-refractivity contribution in [3.8, 4) is 0 Å². The summed E-state index contributed by atoms with van der Waals surface area (Å²) in [5, 5.41) is 2.76. The minimum atomic E-state index is -0.0218. The van der Waals surface area contributed by atoms with Crippen molar-refractivity contribution in [1.29, 1.82) is 0 Å². The van der Waals surface area contributed by atoms with Crippen LogP contribution in [0.2, 0.25) is 0 Å². The molecule has 0 radical (unpaired) electrons. The number of carbonyl (C=O) groups is 1. The number of hydrogen-bond acceptors (Lipinski definition) is 4. The number of halogens is 1. The lowest BCUT2D eigenvalue weighted by atomic mass is 10.3. The zero-order valence-electron chi connectivity index (χ0n) is 10.2. The van der Waals surface area contributed by atoms with Crippen molar-refractivity contribution < 1.29 is 4.79 Å². The highest BCUT2D eigenvalue weighted by Crippen LogP contribution is 2.22. The van der Waals surface area contributed by atoms with Gasteiger partial charge in [0.05, 0.1) is 17.6 Å². The molecule has 96 valence electrons. The van der Waals surface area contributed by atoms with Gasteiger partial charge in [0, 0.05) is 4.75 Å². The maximum Gasteiger partial charge on any atom is 0.234 e. The number of carbonyl (C=O) groups excluding carboxylic acids is 1. The predicted molar refractivity (Wildman–Crippen MR) is 76.7 cm³/mol. The molecule has 17 heavy (non-hydrogen) atoms. The summed E-state index contributed by atoms with van der Waals surface area (Å²) in [4.78, 5) is 15.5. The van der Waals surface area contributed by atoms with Crippen LogP contribution in [0.3, 0.4) is 0 Å². The number of pyridine rings is 1. The van der Waals surface area contributed by atoms with Crippen molar-refractivity contribution in [1.82, 2.24) is 4.98 Å². The van der Waals surface area contributed by atoms with E-state index in [0.29, 0.717) is 17.3 Å². The van der Waals surface area contributed by atoms with Crippen molar-refractivity contribution in [2.24, 2.45) is 0 Å². The van der Waals surface area contributed by atoms with Crippen LogP contribution in [-0.2, 0) is 4.79 Å². The van der Waals surface area contributed by atoms with Crippen LogP contribution in [0.4, 0.5) is 11.5 Å². The summed E-state index contributed by atoms with van der Waals surface area (Å²) in [6, 6.07) is 3.40. The van der Waals surface area contributed by atoms with E-state index in [1.165, 1.54) is 0 Å². The zero-order chi connectivity index (χ0) is 12.2. The van der Waals surface area contributed by atoms with E-state index in [4.69, 9.17) is 5.73 Å². The second-order valence-electron chi connectivity index (χ2n) is 4.42. The van der Waals surface area contributed by atoms with Crippen LogP contribution in [0.25, 0.3) is 0 Å². The molecule has 0 spiro atoms. The second-order valence-corrected chi connectivity index (χ2v) is 6.22. The molecule has 0 aliphatic rings. The van der Waals surface area contributed by atoms with Gasteiger partial charge in [-0.15, -0.1) is 24.2 Å². The first-order chi connectivity index (χ1) is 7.37. The van der Waals surface area contributed by atoms with E-state index in [2.05, 4.69) is 31.1 Å². The topological polar surface area (TPSA) is 68.0 Å². The molecule has 1 heterocycles. The maximum absolute atomic E-state index is 11.6. The van der Waals surface area contributed by atoms with E-state index in [9.17, 15) is 4.79 Å². The lowest BCUT2D eigenvalue weighted by molar-refractivity contribution is -0.113. The molecule has 0 saturated heterocycles. The van der Waals surface area contributed by atoms with Crippen molar-refractivity contribution in [2.75, 3.05) is 16.8 Å². The first-order valence-corrected chi connectivity index (χ1v) is 6.01. The molecule has 1 amide bonds. The molecule has 6 heteroatoms. The highest BCUT2D eigenvalue weighted by Gasteiger charge is 2.13. The molecular formula is C11H18ClN3OS. The van der Waals surface area contributed by atoms with Gasteiger partial charge >= 0.3 is 0 Å². The number of aromatic nitrogens is 1. The Morgan fingerprint density at radius 2 is 2.12 bits per heavy atom. The maximum atomic E-state index is 11.6. The van der Waals surface area contributed by atoms with Crippen LogP contribution in [-0.4, -0.2) is 21.4 Å². The number of nitrogens with one attached hydrogen (secondary N) is 1. The van der Waals surface area contributed by atoms with Crippen LogP contribution < -0.4 is 11.1 Å². The fourth-order valence-corrected chi connectivity index (χ4v) is 1.59. The Morgan fingerprint density at radius 1 is 1.47 bits per heavy atom. The standard InChI is InChI=1S/C11H17N3OS.ClH/c1-11(2,3)16-7-10(15)14-8-4-5-9(12)13-6-8;/h4-6H,7H2,1-3H3,(H2,12,13)(H,14,15);1H. The number of amides is 1. The van der Waals surface area contributed by atoms with E-state index in [1.807, 2.05) is 0 Å². The molecule has 3 N–H and O–H groups in total. The van der Waals surface area contributed by atoms with Gasteiger partial charge in [0.25, 0.3) is 0 Å². The van der Waals surface area contributed by atoms with E-state index in [-0.39, 0.29) is 23.1 Å². The molecule has 4 nitrogen and oxygen atoms in total. The van der Waals surface area contributed by atoms with E-state index in [1.54, 1.807) is 30.1 Å². The first kappa shape index (κ1) is 16.1. The minimum Gasteiger partial charge on any atom is -0.384 e. The van der Waals surface area contributed by atoms with E-state index < -0.39 is 0 Å². The van der Waals surface area contributed by atoms with Gasteiger partial charge in [-0.3, -0.25) is 4.79 Å². The third-order valence-corrected chi connectivity index (χ3v) is 2.98. The van der Waals surface area contributed by atoms with Gasteiger partial charge in [0.2, 0.25) is 5.91 Å². The number of thioether (sulfide) groups is 1. The molecule has 0 atom stereocenters. The van der Waals surface area contributed by atoms with Crippen molar-refractivity contribution >= 4 is 41.6 Å². The van der Waals surface area contributed by atoms with Gasteiger partial charge in [0.1, 0.15) is 5.82 Å². The number of hydrogen-bond donors (Lipinski definition) is 2. The third kappa shape index (κ3) is 7.07. The average molecular weight is 276 g/mol. The monoisotopic (exact) mass is 275 g/mol. The van der Waals surface area contributed by atoms with Crippen molar-refractivity contribution in [3.05, 3.63) is 18.3 Å². The molecule has 0 bridgehead atoms. The number of nitrogens with two attached hydrogens (primary N) is 1. The number of rotatable bonds is 3. The fourth-order valence-electron chi connectivity index (χ4n) is 0.958. The largest absolute Gasteiger partial charge is 0.384 e. The van der Waals surface area contributed by atoms with E-state index >= 15 is 0 Å². The molecule has 1 aromatic rings. The van der Waals surface area contributed by atoms with Gasteiger partial charge in [-0.25, -0.2) is 4.98 Å². The molecule has 0 aliphatic heterocycles. The quantitative estimate of drug-likeness (QED) is 0.890. The summed E-state index contributed by atoms with van der Waals surface area (Å²) in [7, 11) is 0. The van der Waals surface area contributed by atoms with Gasteiger partial charge in [-0.2, -0.15) is 0 Å². The Kier molecular flexibility index (Phi) is 6.34. The van der Waals surface area contributed by atoms with Gasteiger partial charge in [0.15, 0.2) is 0 Å². The molecular weight excluding hydrogens is 258 g/mol. The summed E-state index contributed by atoms with van der Waals surface area (Å²) in [5.41, 5.74) is 6.12. The lowest BCUT2D eigenvalue weighted by Crippen LogP contribution is -2.19. The smallest absolute Gasteiger partial charge is 0.234 e. The van der Waals surface area contributed by atoms with Crippen LogP contribution in [0, 0.1) is 0 Å². The Morgan fingerprint density at radius 3 is 2.59 bits per heavy atom. The van der Waals surface area contributed by atoms with Crippen LogP contribution in [0.1, 0.15) is 20.8 Å². The molecule has 0 fully saturated rings. The Bertz CT molecular complexity index is 362. The Hall–Kier alpha value is -0.940. The van der Waals surface area contributed by atoms with Gasteiger partial charge < -0.3 is 11.1 Å². The molecule has 0 aromatic carbocycles. The van der Waals surface area contributed by atoms with Gasteiger partial charge in [-0.1, -0.05) is 20.8 Å². The molecule has 0 unspecified atom stereocenters. The normalized spacial score (nSPS) is 10.5. The van der Waals surface area contributed by atoms with Gasteiger partial charge in [-0.05, 0) is 12.1 Å². The SMILES string of the molecule is CC(C)(C)SCC(=O)Nc1ccc(N)nc1.Cl. The molecule has 0 saturated carbocycles. The van der Waals surface area contributed by atoms with Crippen LogP contribution in [0.15, 0.2) is 18.3 Å². The highest BCUT2D eigenvalue weighted by molar-refractivity contribution is 8.01. The Balaban J connectivity index is 0.00000256. The summed E-state index contributed by atoms with van der Waals surface area (Å²) in [5.74, 6) is 0.863. The number of nitrogens with zero attached hydrogens (tertiary/aromatic N) is 1. The molecule has 1 aromatic heterocycles. The Labute approximate surface area is 112 Å². The van der Waals surface area contributed by atoms with Crippen molar-refractivity contribution in [2.45, 2.75) is 25.5 Å². The van der Waals surface area contributed by atoms with Crippen LogP contribution in [0.5, 0.6) is 0 Å². The predicted octanol–water partition coefficient (Wildman–Crippen LogP) is 2.56. The second kappa shape index (κ2) is 6.71. The molecule has 0 aliphatic carbocycles. The van der Waals surface area contributed by atoms with Crippen molar-refractivity contribution in [3.63, 3.8) is 0 Å². The summed E-state index contributed by atoms with van der Waals surface area (Å²) >= 11 is 1.61. The summed E-state index contributed by atoms with van der Waals surface area (Å²) in [6.45, 7) is 6.24. The summed E-state index contributed by atoms with van der Waals surface area (Å²) < 4.78 is 0.0940.